The van der Waals surface area contributed by atoms with Gasteiger partial charge in [0.2, 0.25) is 5.69 Å². The van der Waals surface area contributed by atoms with Gasteiger partial charge in [-0.1, -0.05) is 64.1 Å². The Kier molecular flexibility index (Phi) is 4.93. The zero-order valence-electron chi connectivity index (χ0n) is 21.7. The number of rotatable bonds is 4. The Labute approximate surface area is 208 Å². The molecule has 3 aromatic carbocycles. The van der Waals surface area contributed by atoms with Crippen LogP contribution in [0.25, 0.3) is 44.3 Å². The summed E-state index contributed by atoms with van der Waals surface area (Å²) in [4.78, 5) is 0. The van der Waals surface area contributed by atoms with Crippen LogP contribution in [0.1, 0.15) is 68.7 Å². The van der Waals surface area contributed by atoms with E-state index in [1.807, 2.05) is 0 Å². The van der Waals surface area contributed by atoms with Crippen molar-refractivity contribution in [1.29, 1.82) is 0 Å². The highest BCUT2D eigenvalue weighted by Gasteiger charge is 2.41. The molecular formula is C33H34NO+. The molecule has 0 radical (unpaired) electrons. The zero-order valence-corrected chi connectivity index (χ0v) is 21.7. The lowest BCUT2D eigenvalue weighted by Crippen LogP contribution is -2.31. The first-order valence-electron chi connectivity index (χ1n) is 13.0. The normalized spacial score (nSPS) is 14.1. The summed E-state index contributed by atoms with van der Waals surface area (Å²) < 4.78 is 8.99. The van der Waals surface area contributed by atoms with E-state index in [0.717, 1.165) is 24.0 Å². The summed E-state index contributed by atoms with van der Waals surface area (Å²) in [5, 5.41) is 2.40. The molecule has 2 aromatic heterocycles. The van der Waals surface area contributed by atoms with Crippen molar-refractivity contribution < 1.29 is 8.98 Å². The molecule has 0 fully saturated rings. The van der Waals surface area contributed by atoms with Gasteiger partial charge in [-0.15, -0.1) is 0 Å². The van der Waals surface area contributed by atoms with Gasteiger partial charge in [0.05, 0.1) is 5.56 Å². The van der Waals surface area contributed by atoms with Crippen LogP contribution in [-0.4, -0.2) is 0 Å². The molecule has 2 heterocycles. The van der Waals surface area contributed by atoms with Crippen LogP contribution < -0.4 is 4.57 Å². The van der Waals surface area contributed by atoms with Crippen LogP contribution in [0.2, 0.25) is 0 Å². The Morgan fingerprint density at radius 1 is 0.857 bits per heavy atom. The maximum absolute atomic E-state index is 6.77. The lowest BCUT2D eigenvalue weighted by Gasteiger charge is -2.29. The standard InChI is InChI=1S/C33H34NO/c1-7-33(8-2)27-12-10-9-11-23(27)25-18-26-24-14-13-21(5)31(32(24)35-30(26)19-28(25)33)29-17-22(20(3)4)15-16-34(29)6/h9-20H,7-8H2,1-6H3/q+1. The minimum atomic E-state index is 0.0515. The summed E-state index contributed by atoms with van der Waals surface area (Å²) in [5.41, 5.74) is 12.6. The van der Waals surface area contributed by atoms with Gasteiger partial charge >= 0.3 is 0 Å². The van der Waals surface area contributed by atoms with Gasteiger partial charge in [-0.05, 0) is 71.2 Å². The van der Waals surface area contributed by atoms with E-state index >= 15 is 0 Å². The number of hydrogen-bond donors (Lipinski definition) is 0. The molecule has 0 N–H and O–H groups in total. The lowest BCUT2D eigenvalue weighted by molar-refractivity contribution is -0.660. The van der Waals surface area contributed by atoms with Gasteiger partial charge in [-0.2, -0.15) is 0 Å². The molecule has 1 aliphatic rings. The molecule has 35 heavy (non-hydrogen) atoms. The second-order valence-electron chi connectivity index (χ2n) is 10.6. The van der Waals surface area contributed by atoms with Gasteiger partial charge in [-0.3, -0.25) is 0 Å². The first-order chi connectivity index (χ1) is 16.9. The Morgan fingerprint density at radius 3 is 2.37 bits per heavy atom. The van der Waals surface area contributed by atoms with E-state index < -0.39 is 0 Å². The van der Waals surface area contributed by atoms with Crippen LogP contribution in [0, 0.1) is 6.92 Å². The first-order valence-corrected chi connectivity index (χ1v) is 13.0. The summed E-state index contributed by atoms with van der Waals surface area (Å²) in [6.07, 6.45) is 4.34. The average molecular weight is 461 g/mol. The topological polar surface area (TPSA) is 17.0 Å². The maximum Gasteiger partial charge on any atom is 0.216 e. The SMILES string of the molecule is CCC1(CC)c2ccccc2-c2cc3c(cc21)oc1c(-c2cc(C(C)C)cc[n+]2C)c(C)ccc13. The highest BCUT2D eigenvalue weighted by Crippen LogP contribution is 2.54. The number of aromatic nitrogens is 1. The molecule has 6 rings (SSSR count). The minimum Gasteiger partial charge on any atom is -0.455 e. The molecule has 0 atom stereocenters. The van der Waals surface area contributed by atoms with E-state index in [1.165, 1.54) is 55.4 Å². The van der Waals surface area contributed by atoms with Gasteiger partial charge < -0.3 is 4.42 Å². The van der Waals surface area contributed by atoms with Gasteiger partial charge in [0.1, 0.15) is 18.2 Å². The van der Waals surface area contributed by atoms with Crippen LogP contribution >= 0.6 is 0 Å². The Morgan fingerprint density at radius 2 is 1.63 bits per heavy atom. The maximum atomic E-state index is 6.77. The van der Waals surface area contributed by atoms with Gasteiger partial charge in [0, 0.05) is 28.3 Å². The summed E-state index contributed by atoms with van der Waals surface area (Å²) in [6.45, 7) is 11.3. The van der Waals surface area contributed by atoms with Crippen LogP contribution in [0.15, 0.2) is 71.3 Å². The van der Waals surface area contributed by atoms with E-state index in [4.69, 9.17) is 4.42 Å². The molecule has 0 bridgehead atoms. The second kappa shape index (κ2) is 7.81. The first kappa shape index (κ1) is 22.1. The number of benzene rings is 3. The van der Waals surface area contributed by atoms with Crippen molar-refractivity contribution in [3.8, 4) is 22.4 Å². The summed E-state index contributed by atoms with van der Waals surface area (Å²) >= 11 is 0. The number of furan rings is 1. The molecule has 0 unspecified atom stereocenters. The van der Waals surface area contributed by atoms with E-state index in [1.54, 1.807) is 0 Å². The fourth-order valence-electron chi connectivity index (χ4n) is 6.41. The quantitative estimate of drug-likeness (QED) is 0.245. The molecule has 0 spiro atoms. The summed E-state index contributed by atoms with van der Waals surface area (Å²) in [6, 6.07) is 22.8. The van der Waals surface area contributed by atoms with Crippen molar-refractivity contribution in [1.82, 2.24) is 0 Å². The minimum absolute atomic E-state index is 0.0515. The predicted molar refractivity (Wildman–Crippen MR) is 146 cm³/mol. The second-order valence-corrected chi connectivity index (χ2v) is 10.6. The molecule has 0 aliphatic heterocycles. The van der Waals surface area contributed by atoms with Crippen molar-refractivity contribution in [2.75, 3.05) is 0 Å². The Bertz CT molecular complexity index is 1610. The van der Waals surface area contributed by atoms with E-state index in [9.17, 15) is 0 Å². The molecule has 5 aromatic rings. The summed E-state index contributed by atoms with van der Waals surface area (Å²) in [7, 11) is 2.13. The van der Waals surface area contributed by atoms with Crippen LogP contribution in [-0.2, 0) is 12.5 Å². The number of nitrogens with zero attached hydrogens (tertiary/aromatic N) is 1. The largest absolute Gasteiger partial charge is 0.455 e. The third kappa shape index (κ3) is 2.99. The van der Waals surface area contributed by atoms with Crippen molar-refractivity contribution >= 4 is 21.9 Å². The summed E-state index contributed by atoms with van der Waals surface area (Å²) in [5.74, 6) is 0.476. The molecular weight excluding hydrogens is 426 g/mol. The molecule has 2 heteroatoms. The highest BCUT2D eigenvalue weighted by atomic mass is 16.3. The van der Waals surface area contributed by atoms with Crippen molar-refractivity contribution in [3.63, 3.8) is 0 Å². The number of aryl methyl sites for hydroxylation is 2. The third-order valence-electron chi connectivity index (χ3n) is 8.54. The van der Waals surface area contributed by atoms with E-state index in [2.05, 4.69) is 113 Å². The highest BCUT2D eigenvalue weighted by molar-refractivity contribution is 6.11. The lowest BCUT2D eigenvalue weighted by atomic mass is 9.74. The monoisotopic (exact) mass is 460 g/mol. The third-order valence-corrected chi connectivity index (χ3v) is 8.54. The van der Waals surface area contributed by atoms with E-state index in [-0.39, 0.29) is 5.41 Å². The van der Waals surface area contributed by atoms with Crippen molar-refractivity contribution in [2.24, 2.45) is 7.05 Å². The van der Waals surface area contributed by atoms with Gasteiger partial charge in [0.25, 0.3) is 0 Å². The average Bonchev–Trinajstić information content (AvgIpc) is 3.36. The van der Waals surface area contributed by atoms with Crippen molar-refractivity contribution in [2.45, 2.75) is 58.8 Å². The molecule has 0 saturated heterocycles. The molecule has 176 valence electrons. The number of fused-ring (bicyclic) bond motifs is 6. The Hall–Kier alpha value is -3.39. The number of hydrogen-bond acceptors (Lipinski definition) is 1. The van der Waals surface area contributed by atoms with Gasteiger partial charge in [0.15, 0.2) is 6.20 Å². The van der Waals surface area contributed by atoms with E-state index in [0.29, 0.717) is 5.92 Å². The van der Waals surface area contributed by atoms with Crippen LogP contribution in [0.3, 0.4) is 0 Å². The molecule has 0 amide bonds. The fraction of sp³-hybridized carbons (Fsp3) is 0.303. The molecule has 0 saturated carbocycles. The Balaban J connectivity index is 1.68. The zero-order chi connectivity index (χ0) is 24.5. The number of pyridine rings is 1. The molecule has 2 nitrogen and oxygen atoms in total. The van der Waals surface area contributed by atoms with Crippen LogP contribution in [0.4, 0.5) is 0 Å². The van der Waals surface area contributed by atoms with Crippen LogP contribution in [0.5, 0.6) is 0 Å². The molecule has 1 aliphatic carbocycles. The van der Waals surface area contributed by atoms with Gasteiger partial charge in [-0.25, -0.2) is 4.57 Å². The van der Waals surface area contributed by atoms with Crippen molar-refractivity contribution in [3.05, 3.63) is 89.1 Å². The smallest absolute Gasteiger partial charge is 0.216 e. The predicted octanol–water partition coefficient (Wildman–Crippen LogP) is 8.60. The fourth-order valence-corrected chi connectivity index (χ4v) is 6.41.